The quantitative estimate of drug-likeness (QED) is 0.204. The van der Waals surface area contributed by atoms with Gasteiger partial charge in [-0.1, -0.05) is 55.8 Å². The average molecular weight is 604 g/mol. The van der Waals surface area contributed by atoms with Gasteiger partial charge in [-0.2, -0.15) is 18.4 Å². The molecule has 0 saturated heterocycles. The van der Waals surface area contributed by atoms with Gasteiger partial charge in [-0.25, -0.2) is 4.68 Å². The Labute approximate surface area is 251 Å². The molecule has 1 aliphatic carbocycles. The molecular weight excluding hydrogens is 575 g/mol. The van der Waals surface area contributed by atoms with Crippen LogP contribution in [0.5, 0.6) is 0 Å². The van der Waals surface area contributed by atoms with Gasteiger partial charge in [0.2, 0.25) is 0 Å². The summed E-state index contributed by atoms with van der Waals surface area (Å²) in [6.45, 7) is 6.89. The van der Waals surface area contributed by atoms with E-state index in [0.717, 1.165) is 26.7 Å². The molecule has 11 heteroatoms. The third-order valence-electron chi connectivity index (χ3n) is 7.95. The van der Waals surface area contributed by atoms with Crippen molar-refractivity contribution < 1.29 is 13.2 Å². The number of pyridine rings is 2. The highest BCUT2D eigenvalue weighted by molar-refractivity contribution is 6.35. The van der Waals surface area contributed by atoms with E-state index in [1.165, 1.54) is 12.4 Å². The van der Waals surface area contributed by atoms with Crippen molar-refractivity contribution in [2.45, 2.75) is 57.7 Å². The Bertz CT molecular complexity index is 1880. The van der Waals surface area contributed by atoms with Crippen molar-refractivity contribution in [2.24, 2.45) is 5.41 Å². The molecule has 6 rings (SSSR count). The molecule has 43 heavy (non-hydrogen) atoms. The van der Waals surface area contributed by atoms with Gasteiger partial charge in [0, 0.05) is 35.6 Å². The summed E-state index contributed by atoms with van der Waals surface area (Å²) in [5, 5.41) is 23.5. The Hall–Kier alpha value is -4.23. The van der Waals surface area contributed by atoms with E-state index in [2.05, 4.69) is 52.4 Å². The van der Waals surface area contributed by atoms with Crippen molar-refractivity contribution in [2.75, 3.05) is 11.9 Å². The van der Waals surface area contributed by atoms with E-state index in [1.807, 2.05) is 42.5 Å². The standard InChI is InChI=1S/C32H29ClF3N7/c1-30(2,3)18-40-28-20(15-37)16-39-29-24(28)13-19(14-25(29)33)12-23(21-6-4-8-26-22(21)7-5-11-38-26)27-17-43(42-41-27)31(9-10-31)32(34,35)36/h4-8,11,13-14,16-17,23H,9-10,12,18H2,1-3H3,(H,39,40)/t23-/m0/s1. The second-order valence-electron chi connectivity index (χ2n) is 12.3. The highest BCUT2D eigenvalue weighted by Crippen LogP contribution is 2.55. The summed E-state index contributed by atoms with van der Waals surface area (Å²) in [5.41, 5.74) is 2.37. The van der Waals surface area contributed by atoms with Crippen molar-refractivity contribution in [1.82, 2.24) is 25.0 Å². The second-order valence-corrected chi connectivity index (χ2v) is 12.7. The minimum atomic E-state index is -4.43. The lowest BCUT2D eigenvalue weighted by Gasteiger charge is -2.22. The van der Waals surface area contributed by atoms with Crippen LogP contribution in [0.4, 0.5) is 18.9 Å². The fraction of sp³-hybridized carbons (Fsp3) is 0.344. The molecule has 0 amide bonds. The molecule has 2 aromatic carbocycles. The normalized spacial score (nSPS) is 15.4. The van der Waals surface area contributed by atoms with E-state index in [0.29, 0.717) is 45.8 Å². The Morgan fingerprint density at radius 1 is 1.09 bits per heavy atom. The maximum Gasteiger partial charge on any atom is 0.413 e. The molecule has 0 bridgehead atoms. The summed E-state index contributed by atoms with van der Waals surface area (Å²) in [4.78, 5) is 8.94. The zero-order valence-corrected chi connectivity index (χ0v) is 24.6. The van der Waals surface area contributed by atoms with E-state index >= 15 is 0 Å². The van der Waals surface area contributed by atoms with Gasteiger partial charge in [-0.3, -0.25) is 9.97 Å². The highest BCUT2D eigenvalue weighted by Gasteiger charge is 2.66. The number of aromatic nitrogens is 5. The molecule has 7 nitrogen and oxygen atoms in total. The predicted octanol–water partition coefficient (Wildman–Crippen LogP) is 7.78. The molecule has 1 saturated carbocycles. The van der Waals surface area contributed by atoms with Gasteiger partial charge in [0.25, 0.3) is 0 Å². The number of rotatable bonds is 7. The molecule has 1 fully saturated rings. The van der Waals surface area contributed by atoms with Crippen LogP contribution in [0.3, 0.4) is 0 Å². The molecule has 0 spiro atoms. The number of nitriles is 1. The van der Waals surface area contributed by atoms with E-state index in [1.54, 1.807) is 6.20 Å². The third kappa shape index (κ3) is 5.38. The molecule has 5 aromatic rings. The zero-order valence-electron chi connectivity index (χ0n) is 23.9. The van der Waals surface area contributed by atoms with Crippen LogP contribution in [0, 0.1) is 16.7 Å². The summed E-state index contributed by atoms with van der Waals surface area (Å²) >= 11 is 6.77. The van der Waals surface area contributed by atoms with Crippen LogP contribution in [0.25, 0.3) is 21.8 Å². The van der Waals surface area contributed by atoms with Crippen LogP contribution in [0.15, 0.2) is 61.1 Å². The molecule has 1 N–H and O–H groups in total. The van der Waals surface area contributed by atoms with Crippen LogP contribution in [0.2, 0.25) is 5.02 Å². The lowest BCUT2D eigenvalue weighted by atomic mass is 9.86. The molecule has 3 aromatic heterocycles. The Balaban J connectivity index is 1.49. The van der Waals surface area contributed by atoms with Crippen molar-refractivity contribution in [3.8, 4) is 6.07 Å². The maximum absolute atomic E-state index is 14.0. The third-order valence-corrected chi connectivity index (χ3v) is 8.24. The van der Waals surface area contributed by atoms with E-state index in [9.17, 15) is 18.4 Å². The summed E-state index contributed by atoms with van der Waals surface area (Å²) in [6, 6.07) is 15.5. The summed E-state index contributed by atoms with van der Waals surface area (Å²) in [6.07, 6.45) is 0.516. The number of hydrogen-bond acceptors (Lipinski definition) is 6. The molecule has 1 aliphatic rings. The van der Waals surface area contributed by atoms with Crippen LogP contribution < -0.4 is 5.32 Å². The van der Waals surface area contributed by atoms with E-state index in [-0.39, 0.29) is 18.3 Å². The lowest BCUT2D eigenvalue weighted by Crippen LogP contribution is -2.35. The van der Waals surface area contributed by atoms with Crippen LogP contribution in [-0.4, -0.2) is 37.7 Å². The highest BCUT2D eigenvalue weighted by atomic mass is 35.5. The van der Waals surface area contributed by atoms with Gasteiger partial charge in [0.1, 0.15) is 6.07 Å². The number of nitrogens with zero attached hydrogens (tertiary/aromatic N) is 6. The summed E-state index contributed by atoms with van der Waals surface area (Å²) in [5.74, 6) is -0.461. The van der Waals surface area contributed by atoms with Crippen molar-refractivity contribution in [1.29, 1.82) is 5.26 Å². The van der Waals surface area contributed by atoms with Gasteiger partial charge in [0.15, 0.2) is 5.54 Å². The lowest BCUT2D eigenvalue weighted by molar-refractivity contribution is -0.182. The molecule has 220 valence electrons. The Kier molecular flexibility index (Phi) is 7.04. The smallest absolute Gasteiger partial charge is 0.383 e. The van der Waals surface area contributed by atoms with Crippen molar-refractivity contribution >= 4 is 39.1 Å². The average Bonchev–Trinajstić information content (AvgIpc) is 3.65. The van der Waals surface area contributed by atoms with Crippen LogP contribution >= 0.6 is 11.6 Å². The van der Waals surface area contributed by atoms with Crippen molar-refractivity contribution in [3.05, 3.63) is 88.5 Å². The molecular formula is C32H29ClF3N7. The number of halogens is 4. The monoisotopic (exact) mass is 603 g/mol. The minimum Gasteiger partial charge on any atom is -0.383 e. The number of anilines is 1. The first kappa shape index (κ1) is 28.9. The molecule has 0 aliphatic heterocycles. The first-order valence-corrected chi connectivity index (χ1v) is 14.4. The maximum atomic E-state index is 14.0. The minimum absolute atomic E-state index is 0.0268. The first-order chi connectivity index (χ1) is 20.4. The Morgan fingerprint density at radius 3 is 2.58 bits per heavy atom. The topological polar surface area (TPSA) is 92.3 Å². The van der Waals surface area contributed by atoms with Crippen LogP contribution in [0.1, 0.15) is 61.9 Å². The van der Waals surface area contributed by atoms with Gasteiger partial charge in [0.05, 0.1) is 39.2 Å². The number of nitrogens with one attached hydrogen (secondary N) is 1. The fourth-order valence-electron chi connectivity index (χ4n) is 5.51. The molecule has 0 unspecified atom stereocenters. The van der Waals surface area contributed by atoms with Crippen molar-refractivity contribution in [3.63, 3.8) is 0 Å². The predicted molar refractivity (Wildman–Crippen MR) is 160 cm³/mol. The number of fused-ring (bicyclic) bond motifs is 2. The second kappa shape index (κ2) is 10.5. The summed E-state index contributed by atoms with van der Waals surface area (Å²) in [7, 11) is 0. The number of hydrogen-bond donors (Lipinski definition) is 1. The largest absolute Gasteiger partial charge is 0.413 e. The SMILES string of the molecule is CC(C)(C)CNc1c(C#N)cnc2c(Cl)cc(C[C@H](c3cn(C4(C(F)(F)F)CC4)nn3)c3cccc4ncccc34)cc12. The molecule has 1 atom stereocenters. The van der Waals surface area contributed by atoms with Gasteiger partial charge < -0.3 is 5.32 Å². The van der Waals surface area contributed by atoms with E-state index in [4.69, 9.17) is 11.6 Å². The van der Waals surface area contributed by atoms with Gasteiger partial charge in [-0.15, -0.1) is 5.10 Å². The number of benzene rings is 2. The van der Waals surface area contributed by atoms with Gasteiger partial charge in [-0.05, 0) is 60.1 Å². The Morgan fingerprint density at radius 2 is 1.88 bits per heavy atom. The zero-order chi connectivity index (χ0) is 30.6. The molecule has 3 heterocycles. The summed E-state index contributed by atoms with van der Waals surface area (Å²) < 4.78 is 42.8. The molecule has 0 radical (unpaired) electrons. The number of alkyl halides is 3. The van der Waals surface area contributed by atoms with E-state index < -0.39 is 17.6 Å². The van der Waals surface area contributed by atoms with Crippen LogP contribution in [-0.2, 0) is 12.0 Å². The first-order valence-electron chi connectivity index (χ1n) is 14.0. The fourth-order valence-corrected chi connectivity index (χ4v) is 5.80. The van der Waals surface area contributed by atoms with Gasteiger partial charge >= 0.3 is 6.18 Å².